The second-order valence-electron chi connectivity index (χ2n) is 8.11. The summed E-state index contributed by atoms with van der Waals surface area (Å²) < 4.78 is 6.82. The molecule has 2 aromatic carbocycles. The monoisotopic (exact) mass is 451 g/mol. The molecule has 2 heterocycles. The van der Waals surface area contributed by atoms with Gasteiger partial charge in [0, 0.05) is 24.8 Å². The first-order chi connectivity index (χ1) is 15.4. The van der Waals surface area contributed by atoms with Crippen molar-refractivity contribution in [3.8, 4) is 0 Å². The van der Waals surface area contributed by atoms with E-state index in [0.717, 1.165) is 28.6 Å². The predicted octanol–water partition coefficient (Wildman–Crippen LogP) is 5.55. The number of aromatic nitrogens is 1. The third-order valence-electron chi connectivity index (χ3n) is 5.47. The maximum atomic E-state index is 13.2. The van der Waals surface area contributed by atoms with Crippen LogP contribution in [0.4, 0.5) is 10.8 Å². The molecular formula is C24H25N3O4S. The number of carbonyl (C=O) groups excluding carboxylic acids is 1. The van der Waals surface area contributed by atoms with Crippen molar-refractivity contribution in [2.45, 2.75) is 38.7 Å². The molecule has 1 fully saturated rings. The Bertz CT molecular complexity index is 1170. The molecule has 0 radical (unpaired) electrons. The van der Waals surface area contributed by atoms with Gasteiger partial charge in [0.15, 0.2) is 5.13 Å². The van der Waals surface area contributed by atoms with Crippen LogP contribution in [0.5, 0.6) is 0 Å². The van der Waals surface area contributed by atoms with E-state index >= 15 is 0 Å². The standard InChI is InChI=1S/C24H25N3O4S/c1-16(2)20-9-4-10-21-23(20)25-24(32-21)26(15-19-8-5-13-31-19)22(28)12-11-17-6-3-7-18(14-17)27(29)30/h3-4,6-7,9-12,14,16,19H,5,8,13,15H2,1-2H3/b12-11+. The van der Waals surface area contributed by atoms with Crippen molar-refractivity contribution in [2.75, 3.05) is 18.1 Å². The molecule has 1 aliphatic heterocycles. The van der Waals surface area contributed by atoms with Gasteiger partial charge < -0.3 is 4.74 Å². The number of fused-ring (bicyclic) bond motifs is 1. The number of nitro benzene ring substituents is 1. The fourth-order valence-corrected chi connectivity index (χ4v) is 4.81. The summed E-state index contributed by atoms with van der Waals surface area (Å²) in [5, 5.41) is 11.7. The van der Waals surface area contributed by atoms with E-state index in [4.69, 9.17) is 9.72 Å². The number of ether oxygens (including phenoxy) is 1. The number of nitrogens with zero attached hydrogens (tertiary/aromatic N) is 3. The zero-order valence-corrected chi connectivity index (χ0v) is 18.9. The van der Waals surface area contributed by atoms with Gasteiger partial charge in [-0.2, -0.15) is 0 Å². The van der Waals surface area contributed by atoms with Crippen LogP contribution < -0.4 is 4.90 Å². The number of carbonyl (C=O) groups is 1. The molecule has 8 heteroatoms. The van der Waals surface area contributed by atoms with Gasteiger partial charge in [-0.05, 0) is 42.0 Å². The van der Waals surface area contributed by atoms with Gasteiger partial charge in [-0.1, -0.05) is 49.4 Å². The predicted molar refractivity (Wildman–Crippen MR) is 127 cm³/mol. The lowest BCUT2D eigenvalue weighted by atomic mass is 10.0. The minimum absolute atomic E-state index is 0.0109. The zero-order valence-electron chi connectivity index (χ0n) is 18.1. The van der Waals surface area contributed by atoms with Crippen molar-refractivity contribution < 1.29 is 14.5 Å². The maximum absolute atomic E-state index is 13.2. The van der Waals surface area contributed by atoms with Crippen molar-refractivity contribution in [3.63, 3.8) is 0 Å². The van der Waals surface area contributed by atoms with Crippen LogP contribution in [0.25, 0.3) is 16.3 Å². The molecule has 1 saturated heterocycles. The Hall–Kier alpha value is -3.10. The first kappa shape index (κ1) is 22.1. The number of hydrogen-bond donors (Lipinski definition) is 0. The maximum Gasteiger partial charge on any atom is 0.270 e. The number of para-hydroxylation sites is 1. The van der Waals surface area contributed by atoms with E-state index < -0.39 is 4.92 Å². The summed E-state index contributed by atoms with van der Waals surface area (Å²) in [5.41, 5.74) is 2.66. The molecule has 7 nitrogen and oxygen atoms in total. The van der Waals surface area contributed by atoms with Gasteiger partial charge in [-0.25, -0.2) is 4.98 Å². The van der Waals surface area contributed by atoms with E-state index in [9.17, 15) is 14.9 Å². The van der Waals surface area contributed by atoms with E-state index in [0.29, 0.717) is 29.8 Å². The second kappa shape index (κ2) is 9.58. The first-order valence-electron chi connectivity index (χ1n) is 10.7. The van der Waals surface area contributed by atoms with Crippen molar-refractivity contribution >= 4 is 44.4 Å². The second-order valence-corrected chi connectivity index (χ2v) is 9.12. The molecule has 1 aliphatic rings. The Kier molecular flexibility index (Phi) is 6.62. The van der Waals surface area contributed by atoms with Gasteiger partial charge >= 0.3 is 0 Å². The summed E-state index contributed by atoms with van der Waals surface area (Å²) in [6, 6.07) is 12.3. The van der Waals surface area contributed by atoms with Crippen LogP contribution in [0.1, 0.15) is 43.7 Å². The summed E-state index contributed by atoms with van der Waals surface area (Å²) in [6.07, 6.45) is 4.91. The van der Waals surface area contributed by atoms with Crippen LogP contribution in [0, 0.1) is 10.1 Å². The molecule has 3 aromatic rings. The smallest absolute Gasteiger partial charge is 0.270 e. The zero-order chi connectivity index (χ0) is 22.7. The fraction of sp³-hybridized carbons (Fsp3) is 0.333. The summed E-state index contributed by atoms with van der Waals surface area (Å²) >= 11 is 1.49. The first-order valence-corrected chi connectivity index (χ1v) is 11.5. The largest absolute Gasteiger partial charge is 0.376 e. The molecule has 0 bridgehead atoms. The van der Waals surface area contributed by atoms with Crippen LogP contribution in [-0.2, 0) is 9.53 Å². The van der Waals surface area contributed by atoms with Crippen LogP contribution >= 0.6 is 11.3 Å². The average Bonchev–Trinajstić information content (AvgIpc) is 3.45. The van der Waals surface area contributed by atoms with Crippen molar-refractivity contribution in [3.05, 3.63) is 69.8 Å². The van der Waals surface area contributed by atoms with Crippen LogP contribution in [-0.4, -0.2) is 35.1 Å². The number of amides is 1. The quantitative estimate of drug-likeness (QED) is 0.267. The normalized spacial score (nSPS) is 16.3. The van der Waals surface area contributed by atoms with Gasteiger partial charge in [-0.3, -0.25) is 19.8 Å². The van der Waals surface area contributed by atoms with Crippen LogP contribution in [0.3, 0.4) is 0 Å². The topological polar surface area (TPSA) is 85.6 Å². The Labute approximate surface area is 190 Å². The number of benzene rings is 2. The Balaban J connectivity index is 1.65. The van der Waals surface area contributed by atoms with E-state index in [1.807, 2.05) is 12.1 Å². The third kappa shape index (κ3) is 4.87. The highest BCUT2D eigenvalue weighted by molar-refractivity contribution is 7.22. The van der Waals surface area contributed by atoms with Crippen LogP contribution in [0.2, 0.25) is 0 Å². The molecule has 1 unspecified atom stereocenters. The van der Waals surface area contributed by atoms with Gasteiger partial charge in [0.25, 0.3) is 11.6 Å². The van der Waals surface area contributed by atoms with E-state index in [2.05, 4.69) is 19.9 Å². The summed E-state index contributed by atoms with van der Waals surface area (Å²) in [6.45, 7) is 5.39. The molecule has 0 saturated carbocycles. The van der Waals surface area contributed by atoms with E-state index in [1.54, 1.807) is 23.1 Å². The Morgan fingerprint density at radius 1 is 1.34 bits per heavy atom. The van der Waals surface area contributed by atoms with Gasteiger partial charge in [0.1, 0.15) is 0 Å². The van der Waals surface area contributed by atoms with Crippen LogP contribution in [0.15, 0.2) is 48.5 Å². The number of hydrogen-bond acceptors (Lipinski definition) is 6. The minimum Gasteiger partial charge on any atom is -0.376 e. The van der Waals surface area contributed by atoms with Crippen molar-refractivity contribution in [1.82, 2.24) is 4.98 Å². The number of non-ortho nitro benzene ring substituents is 1. The minimum atomic E-state index is -0.448. The Morgan fingerprint density at radius 3 is 2.88 bits per heavy atom. The van der Waals surface area contributed by atoms with Crippen molar-refractivity contribution in [1.29, 1.82) is 0 Å². The van der Waals surface area contributed by atoms with Gasteiger partial charge in [0.05, 0.1) is 27.8 Å². The van der Waals surface area contributed by atoms with E-state index in [1.165, 1.54) is 29.5 Å². The van der Waals surface area contributed by atoms with E-state index in [-0.39, 0.29) is 17.7 Å². The number of thiazole rings is 1. The number of nitro groups is 1. The highest BCUT2D eigenvalue weighted by atomic mass is 32.1. The number of anilines is 1. The Morgan fingerprint density at radius 2 is 2.16 bits per heavy atom. The van der Waals surface area contributed by atoms with Crippen molar-refractivity contribution in [2.24, 2.45) is 0 Å². The molecule has 1 aromatic heterocycles. The summed E-state index contributed by atoms with van der Waals surface area (Å²) in [4.78, 5) is 30.3. The molecule has 4 rings (SSSR count). The average molecular weight is 452 g/mol. The lowest BCUT2D eigenvalue weighted by molar-refractivity contribution is -0.384. The molecule has 0 spiro atoms. The lowest BCUT2D eigenvalue weighted by Crippen LogP contribution is -2.36. The molecule has 0 N–H and O–H groups in total. The third-order valence-corrected chi connectivity index (χ3v) is 6.51. The number of rotatable bonds is 7. The SMILES string of the molecule is CC(C)c1cccc2sc(N(CC3CCCO3)C(=O)/C=C/c3cccc([N+](=O)[O-])c3)nc12. The molecule has 166 valence electrons. The fourth-order valence-electron chi connectivity index (χ4n) is 3.79. The molecular weight excluding hydrogens is 426 g/mol. The molecule has 1 amide bonds. The highest BCUT2D eigenvalue weighted by Crippen LogP contribution is 2.34. The summed E-state index contributed by atoms with van der Waals surface area (Å²) in [7, 11) is 0. The van der Waals surface area contributed by atoms with Gasteiger partial charge in [0.2, 0.25) is 0 Å². The molecule has 0 aliphatic carbocycles. The highest BCUT2D eigenvalue weighted by Gasteiger charge is 2.25. The lowest BCUT2D eigenvalue weighted by Gasteiger charge is -2.21. The summed E-state index contributed by atoms with van der Waals surface area (Å²) in [5.74, 6) is 0.0990. The molecule has 1 atom stereocenters. The van der Waals surface area contributed by atoms with Gasteiger partial charge in [-0.15, -0.1) is 0 Å². The molecule has 32 heavy (non-hydrogen) atoms.